The fourth-order valence-electron chi connectivity index (χ4n) is 0.506. The van der Waals surface area contributed by atoms with Crippen molar-refractivity contribution in [3.8, 4) is 0 Å². The first kappa shape index (κ1) is 10.1. The topological polar surface area (TPSA) is 47.6 Å². The highest BCUT2D eigenvalue weighted by Gasteiger charge is 2.19. The minimum absolute atomic E-state index is 0.387. The quantitative estimate of drug-likeness (QED) is 0.628. The zero-order valence-electron chi connectivity index (χ0n) is 6.59. The predicted octanol–water partition coefficient (Wildman–Crippen LogP) is 1.39. The molecule has 0 aromatic heterocycles. The van der Waals surface area contributed by atoms with E-state index in [0.29, 0.717) is 13.2 Å². The second kappa shape index (κ2) is 4.85. The van der Waals surface area contributed by atoms with Gasteiger partial charge in [0.05, 0.1) is 13.2 Å². The van der Waals surface area contributed by atoms with Gasteiger partial charge < -0.3 is 0 Å². The van der Waals surface area contributed by atoms with Gasteiger partial charge in [-0.15, -0.1) is 0 Å². The highest BCUT2D eigenvalue weighted by Crippen LogP contribution is 2.42. The van der Waals surface area contributed by atoms with Crippen molar-refractivity contribution in [2.24, 2.45) is 0 Å². The molecule has 0 bridgehead atoms. The van der Waals surface area contributed by atoms with Gasteiger partial charge in [0.2, 0.25) is 0 Å². The minimum Gasteiger partial charge on any atom is -0.297 e. The van der Waals surface area contributed by atoms with Gasteiger partial charge in [0.15, 0.2) is 0 Å². The molecule has 0 aliphatic carbocycles. The maximum Gasteiger partial charge on any atom is 0.405 e. The van der Waals surface area contributed by atoms with Crippen LogP contribution in [0.15, 0.2) is 0 Å². The fourth-order valence-corrected chi connectivity index (χ4v) is 1.52. The van der Waals surface area contributed by atoms with Crippen LogP contribution in [0, 0.1) is 0 Å². The Hall–Kier alpha value is 0.110. The number of hydrogen-bond acceptors (Lipinski definition) is 3. The molecule has 5 heteroatoms. The smallest absolute Gasteiger partial charge is 0.297 e. The van der Waals surface area contributed by atoms with E-state index in [0.717, 1.165) is 0 Å². The summed E-state index contributed by atoms with van der Waals surface area (Å²) in [5.74, 6) is 0. The maximum atomic E-state index is 11.2. The minimum atomic E-state index is -2.95. The molecular formula is C5H14NO3P. The standard InChI is InChI=1S/C5H14NO3P/c1-4-8-10(7,6-3)9-5-2/h4-5H2,1-3H3,(H,6,7). The molecule has 0 aliphatic heterocycles. The Kier molecular flexibility index (Phi) is 4.91. The second-order valence-corrected chi connectivity index (χ2v) is 3.52. The van der Waals surface area contributed by atoms with Crippen molar-refractivity contribution < 1.29 is 13.6 Å². The van der Waals surface area contributed by atoms with E-state index < -0.39 is 7.75 Å². The van der Waals surface area contributed by atoms with E-state index in [1.165, 1.54) is 0 Å². The van der Waals surface area contributed by atoms with Crippen molar-refractivity contribution in [3.05, 3.63) is 0 Å². The Morgan fingerprint density at radius 2 is 1.70 bits per heavy atom. The van der Waals surface area contributed by atoms with Gasteiger partial charge >= 0.3 is 7.75 Å². The molecule has 4 nitrogen and oxygen atoms in total. The third-order valence-electron chi connectivity index (χ3n) is 0.872. The van der Waals surface area contributed by atoms with Crippen LogP contribution in [0.2, 0.25) is 0 Å². The van der Waals surface area contributed by atoms with Crippen molar-refractivity contribution in [2.45, 2.75) is 13.8 Å². The molecule has 0 rings (SSSR count). The summed E-state index contributed by atoms with van der Waals surface area (Å²) in [5.41, 5.74) is 0. The fraction of sp³-hybridized carbons (Fsp3) is 1.00. The lowest BCUT2D eigenvalue weighted by Crippen LogP contribution is -2.09. The summed E-state index contributed by atoms with van der Waals surface area (Å²) in [5, 5.41) is 2.49. The first-order chi connectivity index (χ1) is 4.68. The highest BCUT2D eigenvalue weighted by molar-refractivity contribution is 7.51. The molecule has 0 radical (unpaired) electrons. The Morgan fingerprint density at radius 1 is 1.30 bits per heavy atom. The molecule has 0 amide bonds. The van der Waals surface area contributed by atoms with Gasteiger partial charge in [0.25, 0.3) is 0 Å². The van der Waals surface area contributed by atoms with Crippen LogP contribution in [0.3, 0.4) is 0 Å². The molecule has 0 aromatic rings. The lowest BCUT2D eigenvalue weighted by atomic mass is 10.9. The number of hydrogen-bond donors (Lipinski definition) is 1. The summed E-state index contributed by atoms with van der Waals surface area (Å²) in [6, 6.07) is 0. The Labute approximate surface area is 61.5 Å². The third-order valence-corrected chi connectivity index (χ3v) is 2.62. The van der Waals surface area contributed by atoms with E-state index >= 15 is 0 Å². The maximum absolute atomic E-state index is 11.2. The van der Waals surface area contributed by atoms with Crippen LogP contribution in [-0.4, -0.2) is 20.3 Å². The van der Waals surface area contributed by atoms with E-state index in [1.807, 2.05) is 0 Å². The van der Waals surface area contributed by atoms with E-state index in [4.69, 9.17) is 9.05 Å². The largest absolute Gasteiger partial charge is 0.405 e. The van der Waals surface area contributed by atoms with E-state index in [2.05, 4.69) is 5.09 Å². The first-order valence-corrected chi connectivity index (χ1v) is 4.81. The Bertz CT molecular complexity index is 118. The van der Waals surface area contributed by atoms with Crippen LogP contribution < -0.4 is 5.09 Å². The molecular weight excluding hydrogens is 153 g/mol. The van der Waals surface area contributed by atoms with Crippen LogP contribution in [0.4, 0.5) is 0 Å². The number of nitrogens with one attached hydrogen (secondary N) is 1. The summed E-state index contributed by atoms with van der Waals surface area (Å²) in [7, 11) is -1.40. The van der Waals surface area contributed by atoms with Gasteiger partial charge in [-0.2, -0.15) is 0 Å². The van der Waals surface area contributed by atoms with Gasteiger partial charge in [-0.1, -0.05) is 0 Å². The molecule has 0 aliphatic rings. The van der Waals surface area contributed by atoms with Crippen molar-refractivity contribution >= 4 is 7.75 Å². The molecule has 0 saturated heterocycles. The van der Waals surface area contributed by atoms with E-state index in [-0.39, 0.29) is 0 Å². The summed E-state index contributed by atoms with van der Waals surface area (Å²) in [4.78, 5) is 0. The zero-order chi connectivity index (χ0) is 8.04. The lowest BCUT2D eigenvalue weighted by Gasteiger charge is -2.14. The summed E-state index contributed by atoms with van der Waals surface area (Å²) >= 11 is 0. The summed E-state index contributed by atoms with van der Waals surface area (Å²) < 4.78 is 20.9. The normalized spacial score (nSPS) is 11.9. The number of rotatable bonds is 5. The average Bonchev–Trinajstić information content (AvgIpc) is 1.89. The zero-order valence-corrected chi connectivity index (χ0v) is 7.48. The van der Waals surface area contributed by atoms with Crippen molar-refractivity contribution in [1.29, 1.82) is 0 Å². The van der Waals surface area contributed by atoms with Crippen molar-refractivity contribution in [3.63, 3.8) is 0 Å². The molecule has 62 valence electrons. The monoisotopic (exact) mass is 167 g/mol. The van der Waals surface area contributed by atoms with Gasteiger partial charge in [0, 0.05) is 0 Å². The van der Waals surface area contributed by atoms with Crippen molar-refractivity contribution in [2.75, 3.05) is 20.3 Å². The van der Waals surface area contributed by atoms with Crippen LogP contribution >= 0.6 is 7.75 Å². The van der Waals surface area contributed by atoms with Gasteiger partial charge in [-0.25, -0.2) is 9.65 Å². The van der Waals surface area contributed by atoms with Crippen molar-refractivity contribution in [1.82, 2.24) is 5.09 Å². The summed E-state index contributed by atoms with van der Waals surface area (Å²) in [6.07, 6.45) is 0. The van der Waals surface area contributed by atoms with Gasteiger partial charge in [0.1, 0.15) is 0 Å². The molecule has 0 fully saturated rings. The van der Waals surface area contributed by atoms with Crippen LogP contribution in [0.1, 0.15) is 13.8 Å². The molecule has 0 aromatic carbocycles. The van der Waals surface area contributed by atoms with Gasteiger partial charge in [-0.05, 0) is 20.9 Å². The molecule has 0 spiro atoms. The molecule has 0 unspecified atom stereocenters. The summed E-state index contributed by atoms with van der Waals surface area (Å²) in [6.45, 7) is 4.31. The predicted molar refractivity (Wildman–Crippen MR) is 39.9 cm³/mol. The molecule has 0 saturated carbocycles. The SMILES string of the molecule is CCOP(=O)(NC)OCC. The Morgan fingerprint density at radius 3 is 1.90 bits per heavy atom. The van der Waals surface area contributed by atoms with E-state index in [1.54, 1.807) is 20.9 Å². The molecule has 0 atom stereocenters. The Balaban J connectivity index is 3.83. The highest BCUT2D eigenvalue weighted by atomic mass is 31.2. The third kappa shape index (κ3) is 3.32. The van der Waals surface area contributed by atoms with Crippen LogP contribution in [0.5, 0.6) is 0 Å². The lowest BCUT2D eigenvalue weighted by molar-refractivity contribution is 0.213. The molecule has 1 N–H and O–H groups in total. The van der Waals surface area contributed by atoms with Crippen LogP contribution in [0.25, 0.3) is 0 Å². The van der Waals surface area contributed by atoms with Gasteiger partial charge in [-0.3, -0.25) is 9.05 Å². The van der Waals surface area contributed by atoms with E-state index in [9.17, 15) is 4.57 Å². The molecule has 10 heavy (non-hydrogen) atoms. The first-order valence-electron chi connectivity index (χ1n) is 3.26. The second-order valence-electron chi connectivity index (χ2n) is 1.56. The molecule has 0 heterocycles. The average molecular weight is 167 g/mol. The van der Waals surface area contributed by atoms with Crippen LogP contribution in [-0.2, 0) is 13.6 Å².